The molecule has 0 spiro atoms. The molecule has 1 atom stereocenters. The maximum absolute atomic E-state index is 11.9. The number of hydrogen-bond donors (Lipinski definition) is 2. The second-order valence-electron chi connectivity index (χ2n) is 8.36. The molecule has 3 aliphatic carbocycles. The highest BCUT2D eigenvalue weighted by atomic mass is 32.2. The minimum atomic E-state index is -1.01. The topological polar surface area (TPSA) is 91.1 Å². The molecule has 1 heterocycles. The number of aliphatic carboxylic acids is 1. The molecular weight excluding hydrogens is 434 g/mol. The number of carboxylic acid groups (broad SMARTS) is 1. The number of amides is 1. The Morgan fingerprint density at radius 3 is 2.09 bits per heavy atom. The molecule has 0 aromatic heterocycles. The quantitative estimate of drug-likeness (QED) is 0.317. The van der Waals surface area contributed by atoms with E-state index in [4.69, 9.17) is 5.11 Å². The van der Waals surface area contributed by atoms with E-state index < -0.39 is 11.2 Å². The van der Waals surface area contributed by atoms with Crippen molar-refractivity contribution in [2.45, 2.75) is 23.5 Å². The lowest BCUT2D eigenvalue weighted by Crippen LogP contribution is -2.27. The van der Waals surface area contributed by atoms with Crippen molar-refractivity contribution in [1.29, 1.82) is 0 Å². The Kier molecular flexibility index (Phi) is 4.66. The van der Waals surface area contributed by atoms with Gasteiger partial charge in [-0.3, -0.25) is 9.59 Å². The SMILES string of the molecule is O=C(O)CC1SC(=NN=Cc2ccc3c(c2)C2c4ccccc4C3c3ccccc32)NC1=O. The Bertz CT molecular complexity index is 1330. The Morgan fingerprint density at radius 1 is 0.909 bits per heavy atom. The van der Waals surface area contributed by atoms with Crippen LogP contribution in [0.5, 0.6) is 0 Å². The number of benzene rings is 3. The number of nitrogens with zero attached hydrogens (tertiary/aromatic N) is 2. The van der Waals surface area contributed by atoms with Crippen molar-refractivity contribution in [1.82, 2.24) is 5.32 Å². The predicted molar refractivity (Wildman–Crippen MR) is 128 cm³/mol. The zero-order valence-electron chi connectivity index (χ0n) is 17.4. The summed E-state index contributed by atoms with van der Waals surface area (Å²) in [6.45, 7) is 0. The molecule has 1 unspecified atom stereocenters. The zero-order valence-corrected chi connectivity index (χ0v) is 18.3. The summed E-state index contributed by atoms with van der Waals surface area (Å²) in [6.07, 6.45) is 1.43. The summed E-state index contributed by atoms with van der Waals surface area (Å²) in [7, 11) is 0. The highest BCUT2D eigenvalue weighted by molar-refractivity contribution is 8.15. The Balaban J connectivity index is 1.31. The van der Waals surface area contributed by atoms with Crippen LogP contribution in [0.25, 0.3) is 0 Å². The van der Waals surface area contributed by atoms with Gasteiger partial charge in [0.25, 0.3) is 0 Å². The van der Waals surface area contributed by atoms with E-state index in [1.807, 2.05) is 6.07 Å². The Labute approximate surface area is 194 Å². The third-order valence-corrected chi connectivity index (χ3v) is 7.53. The van der Waals surface area contributed by atoms with Crippen molar-refractivity contribution < 1.29 is 14.7 Å². The van der Waals surface area contributed by atoms with E-state index >= 15 is 0 Å². The van der Waals surface area contributed by atoms with Crippen molar-refractivity contribution in [2.75, 3.05) is 0 Å². The van der Waals surface area contributed by atoms with Crippen molar-refractivity contribution in [3.8, 4) is 0 Å². The molecule has 2 bridgehead atoms. The van der Waals surface area contributed by atoms with Gasteiger partial charge in [-0.1, -0.05) is 72.4 Å². The average molecular weight is 454 g/mol. The molecule has 7 rings (SSSR count). The summed E-state index contributed by atoms with van der Waals surface area (Å²) < 4.78 is 0. The Hall–Kier alpha value is -3.71. The van der Waals surface area contributed by atoms with Gasteiger partial charge in [-0.05, 0) is 45.0 Å². The first-order valence-corrected chi connectivity index (χ1v) is 11.6. The number of nitrogens with one attached hydrogen (secondary N) is 1. The molecule has 0 saturated carbocycles. The zero-order chi connectivity index (χ0) is 22.5. The monoisotopic (exact) mass is 453 g/mol. The number of carboxylic acids is 1. The molecule has 3 aromatic carbocycles. The lowest BCUT2D eigenvalue weighted by Gasteiger charge is -2.42. The molecule has 162 valence electrons. The van der Waals surface area contributed by atoms with E-state index in [1.165, 1.54) is 33.4 Å². The van der Waals surface area contributed by atoms with Crippen LogP contribution in [0.4, 0.5) is 0 Å². The number of amidine groups is 1. The van der Waals surface area contributed by atoms with Gasteiger partial charge in [-0.15, -0.1) is 5.10 Å². The largest absolute Gasteiger partial charge is 0.481 e. The maximum Gasteiger partial charge on any atom is 0.305 e. The van der Waals surface area contributed by atoms with Crippen LogP contribution < -0.4 is 5.32 Å². The van der Waals surface area contributed by atoms with Crippen molar-refractivity contribution in [3.05, 3.63) is 106 Å². The summed E-state index contributed by atoms with van der Waals surface area (Å²) in [5.74, 6) is -0.934. The molecule has 4 aliphatic rings. The van der Waals surface area contributed by atoms with Crippen LogP contribution in [-0.4, -0.2) is 33.6 Å². The smallest absolute Gasteiger partial charge is 0.305 e. The van der Waals surface area contributed by atoms with Crippen LogP contribution in [0, 0.1) is 0 Å². The molecule has 7 heteroatoms. The van der Waals surface area contributed by atoms with E-state index in [2.05, 4.69) is 76.2 Å². The standard InChI is InChI=1S/C26H19N3O3S/c30-22(31)12-21-25(32)28-26(33-21)29-27-13-14-9-10-19-20(11-14)24-17-7-3-1-5-15(17)23(19)16-6-2-4-8-18(16)24/h1-11,13,21,23-24H,12H2,(H,30,31)(H,28,29,32). The van der Waals surface area contributed by atoms with E-state index in [9.17, 15) is 9.59 Å². The molecule has 1 saturated heterocycles. The minimum absolute atomic E-state index is 0.193. The number of thioether (sulfide) groups is 1. The van der Waals surface area contributed by atoms with Crippen LogP contribution in [0.15, 0.2) is 76.9 Å². The second-order valence-corrected chi connectivity index (χ2v) is 9.55. The van der Waals surface area contributed by atoms with Crippen molar-refractivity contribution >= 4 is 35.0 Å². The summed E-state index contributed by atoms with van der Waals surface area (Å²) in [6, 6.07) is 23.8. The fourth-order valence-electron chi connectivity index (χ4n) is 5.16. The fourth-order valence-corrected chi connectivity index (χ4v) is 6.07. The highest BCUT2D eigenvalue weighted by Crippen LogP contribution is 2.55. The summed E-state index contributed by atoms with van der Waals surface area (Å²) in [4.78, 5) is 22.7. The third kappa shape index (κ3) is 3.27. The van der Waals surface area contributed by atoms with E-state index in [0.717, 1.165) is 17.3 Å². The molecule has 1 aliphatic heterocycles. The highest BCUT2D eigenvalue weighted by Gasteiger charge is 2.40. The third-order valence-electron chi connectivity index (χ3n) is 6.46. The first kappa shape index (κ1) is 19.9. The molecule has 2 N–H and O–H groups in total. The summed E-state index contributed by atoms with van der Waals surface area (Å²) >= 11 is 1.09. The summed E-state index contributed by atoms with van der Waals surface area (Å²) in [5, 5.41) is 19.4. The van der Waals surface area contributed by atoms with Crippen molar-refractivity contribution in [2.24, 2.45) is 10.2 Å². The van der Waals surface area contributed by atoms with E-state index in [0.29, 0.717) is 5.17 Å². The normalized spacial score (nSPS) is 23.3. The van der Waals surface area contributed by atoms with Crippen LogP contribution in [0.1, 0.15) is 57.2 Å². The van der Waals surface area contributed by atoms with Gasteiger partial charge in [-0.25, -0.2) is 0 Å². The fraction of sp³-hybridized carbons (Fsp3) is 0.154. The van der Waals surface area contributed by atoms with Gasteiger partial charge in [0.1, 0.15) is 5.25 Å². The van der Waals surface area contributed by atoms with Gasteiger partial charge in [-0.2, -0.15) is 5.10 Å². The van der Waals surface area contributed by atoms with Gasteiger partial charge in [0.05, 0.1) is 12.6 Å². The number of hydrogen-bond acceptors (Lipinski definition) is 5. The van der Waals surface area contributed by atoms with E-state index in [-0.39, 0.29) is 24.2 Å². The number of carbonyl (C=O) groups is 2. The van der Waals surface area contributed by atoms with E-state index in [1.54, 1.807) is 6.21 Å². The number of carbonyl (C=O) groups excluding carboxylic acids is 1. The maximum atomic E-state index is 11.9. The molecule has 33 heavy (non-hydrogen) atoms. The molecule has 1 fully saturated rings. The predicted octanol–water partition coefficient (Wildman–Crippen LogP) is 4.07. The summed E-state index contributed by atoms with van der Waals surface area (Å²) in [5.41, 5.74) is 9.03. The van der Waals surface area contributed by atoms with Gasteiger partial charge in [0, 0.05) is 11.8 Å². The minimum Gasteiger partial charge on any atom is -0.481 e. The van der Waals surface area contributed by atoms with Crippen LogP contribution >= 0.6 is 11.8 Å². The Morgan fingerprint density at radius 2 is 1.48 bits per heavy atom. The van der Waals surface area contributed by atoms with Gasteiger partial charge in [0.15, 0.2) is 5.17 Å². The molecule has 6 nitrogen and oxygen atoms in total. The lowest BCUT2D eigenvalue weighted by molar-refractivity contribution is -0.138. The molecule has 0 radical (unpaired) electrons. The first-order chi connectivity index (χ1) is 16.1. The van der Waals surface area contributed by atoms with Gasteiger partial charge in [0.2, 0.25) is 5.91 Å². The number of rotatable bonds is 4. The van der Waals surface area contributed by atoms with Gasteiger partial charge >= 0.3 is 5.97 Å². The van der Waals surface area contributed by atoms with Gasteiger partial charge < -0.3 is 10.4 Å². The van der Waals surface area contributed by atoms with Crippen LogP contribution in [0.3, 0.4) is 0 Å². The average Bonchev–Trinajstić information content (AvgIpc) is 3.16. The van der Waals surface area contributed by atoms with Crippen LogP contribution in [-0.2, 0) is 9.59 Å². The second kappa shape index (κ2) is 7.71. The van der Waals surface area contributed by atoms with Crippen molar-refractivity contribution in [3.63, 3.8) is 0 Å². The lowest BCUT2D eigenvalue weighted by atomic mass is 9.61. The van der Waals surface area contributed by atoms with Crippen LogP contribution in [0.2, 0.25) is 0 Å². The molecular formula is C26H19N3O3S. The molecule has 3 aromatic rings. The molecule has 1 amide bonds. The first-order valence-electron chi connectivity index (χ1n) is 10.7.